The first-order valence-corrected chi connectivity index (χ1v) is 15.2. The molecule has 7 rings (SSSR count). The van der Waals surface area contributed by atoms with E-state index in [-0.39, 0.29) is 0 Å². The SMILES string of the molecule is CCCCN(CCCC)c1ccc2c(c1)Oc1cccc3c1c-2cc1nc(-c2ccccc2)c(-c2ccccc2)nc13. The van der Waals surface area contributed by atoms with Crippen LogP contribution in [0, 0.1) is 0 Å². The molecule has 0 N–H and O–H groups in total. The molecule has 0 atom stereocenters. The monoisotopic (exact) mass is 549 g/mol. The van der Waals surface area contributed by atoms with Gasteiger partial charge < -0.3 is 9.64 Å². The molecule has 6 aromatic rings. The second kappa shape index (κ2) is 11.3. The quantitative estimate of drug-likeness (QED) is 0.168. The molecular weight excluding hydrogens is 514 g/mol. The van der Waals surface area contributed by atoms with Crippen LogP contribution in [0.25, 0.3) is 55.4 Å². The van der Waals surface area contributed by atoms with Gasteiger partial charge in [0, 0.05) is 52.3 Å². The zero-order chi connectivity index (χ0) is 28.5. The number of benzene rings is 5. The van der Waals surface area contributed by atoms with Crippen LogP contribution in [0.3, 0.4) is 0 Å². The second-order valence-electron chi connectivity index (χ2n) is 11.1. The van der Waals surface area contributed by atoms with Crippen LogP contribution in [0.1, 0.15) is 39.5 Å². The molecule has 4 nitrogen and oxygen atoms in total. The van der Waals surface area contributed by atoms with E-state index >= 15 is 0 Å². The van der Waals surface area contributed by atoms with Crippen molar-refractivity contribution in [1.29, 1.82) is 0 Å². The Bertz CT molecular complexity index is 1870. The Balaban J connectivity index is 1.43. The summed E-state index contributed by atoms with van der Waals surface area (Å²) in [6.45, 7) is 6.64. The molecule has 1 aliphatic heterocycles. The number of aromatic nitrogens is 2. The molecule has 208 valence electrons. The average molecular weight is 550 g/mol. The molecule has 4 heteroatoms. The molecule has 0 spiro atoms. The topological polar surface area (TPSA) is 38.2 Å². The lowest BCUT2D eigenvalue weighted by Crippen LogP contribution is -2.25. The average Bonchev–Trinajstić information content (AvgIpc) is 3.05. The number of hydrogen-bond acceptors (Lipinski definition) is 4. The molecule has 1 aromatic heterocycles. The Hall–Kier alpha value is -4.70. The molecule has 0 radical (unpaired) electrons. The second-order valence-corrected chi connectivity index (χ2v) is 11.1. The van der Waals surface area contributed by atoms with Crippen molar-refractivity contribution in [3.63, 3.8) is 0 Å². The summed E-state index contributed by atoms with van der Waals surface area (Å²) in [7, 11) is 0. The highest BCUT2D eigenvalue weighted by atomic mass is 16.5. The Labute approximate surface area is 247 Å². The molecule has 0 aliphatic carbocycles. The van der Waals surface area contributed by atoms with Crippen molar-refractivity contribution in [3.05, 3.63) is 103 Å². The van der Waals surface area contributed by atoms with Crippen LogP contribution in [0.2, 0.25) is 0 Å². The highest BCUT2D eigenvalue weighted by Gasteiger charge is 2.24. The van der Waals surface area contributed by atoms with Crippen molar-refractivity contribution >= 4 is 27.5 Å². The molecule has 0 saturated carbocycles. The Morgan fingerprint density at radius 1 is 0.619 bits per heavy atom. The van der Waals surface area contributed by atoms with E-state index in [9.17, 15) is 0 Å². The van der Waals surface area contributed by atoms with Gasteiger partial charge in [-0.3, -0.25) is 0 Å². The van der Waals surface area contributed by atoms with Gasteiger partial charge in [-0.25, -0.2) is 9.97 Å². The van der Waals surface area contributed by atoms with Gasteiger partial charge in [-0.15, -0.1) is 0 Å². The first kappa shape index (κ1) is 26.2. The summed E-state index contributed by atoms with van der Waals surface area (Å²) in [4.78, 5) is 13.1. The lowest BCUT2D eigenvalue weighted by molar-refractivity contribution is 0.487. The van der Waals surface area contributed by atoms with Crippen molar-refractivity contribution < 1.29 is 4.74 Å². The van der Waals surface area contributed by atoms with Crippen molar-refractivity contribution in [2.75, 3.05) is 18.0 Å². The van der Waals surface area contributed by atoms with Crippen LogP contribution in [0.4, 0.5) is 5.69 Å². The summed E-state index contributed by atoms with van der Waals surface area (Å²) in [5, 5.41) is 2.16. The van der Waals surface area contributed by atoms with Crippen molar-refractivity contribution in [2.24, 2.45) is 0 Å². The minimum absolute atomic E-state index is 0.873. The Morgan fingerprint density at radius 3 is 1.95 bits per heavy atom. The number of ether oxygens (including phenoxy) is 1. The smallest absolute Gasteiger partial charge is 0.137 e. The predicted octanol–water partition coefficient (Wildman–Crippen LogP) is 10.3. The Kier molecular flexibility index (Phi) is 7.05. The summed E-state index contributed by atoms with van der Waals surface area (Å²) in [6.07, 6.45) is 4.74. The largest absolute Gasteiger partial charge is 0.456 e. The first-order valence-electron chi connectivity index (χ1n) is 15.2. The van der Waals surface area contributed by atoms with E-state index in [1.807, 2.05) is 12.1 Å². The number of unbranched alkanes of at least 4 members (excludes halogenated alkanes) is 2. The summed E-state index contributed by atoms with van der Waals surface area (Å²) >= 11 is 0. The number of nitrogens with zero attached hydrogens (tertiary/aromatic N) is 3. The van der Waals surface area contributed by atoms with Crippen LogP contribution < -0.4 is 9.64 Å². The molecule has 0 bridgehead atoms. The molecule has 0 amide bonds. The van der Waals surface area contributed by atoms with E-state index in [1.54, 1.807) is 0 Å². The van der Waals surface area contributed by atoms with Crippen molar-refractivity contribution in [1.82, 2.24) is 9.97 Å². The van der Waals surface area contributed by atoms with Gasteiger partial charge in [0.2, 0.25) is 0 Å². The maximum atomic E-state index is 6.63. The molecular formula is C38H35N3O. The maximum absolute atomic E-state index is 6.63. The van der Waals surface area contributed by atoms with Gasteiger partial charge in [0.1, 0.15) is 11.5 Å². The molecule has 1 aliphatic rings. The fraction of sp³-hybridized carbons (Fsp3) is 0.211. The minimum atomic E-state index is 0.873. The van der Waals surface area contributed by atoms with Gasteiger partial charge in [-0.05, 0) is 42.7 Å². The van der Waals surface area contributed by atoms with Gasteiger partial charge in [-0.2, -0.15) is 0 Å². The third-order valence-corrected chi connectivity index (χ3v) is 8.25. The zero-order valence-corrected chi connectivity index (χ0v) is 24.3. The zero-order valence-electron chi connectivity index (χ0n) is 24.3. The summed E-state index contributed by atoms with van der Waals surface area (Å²) < 4.78 is 6.63. The molecule has 2 heterocycles. The van der Waals surface area contributed by atoms with Crippen LogP contribution in [0.15, 0.2) is 103 Å². The summed E-state index contributed by atoms with van der Waals surface area (Å²) in [6, 6.07) is 35.9. The minimum Gasteiger partial charge on any atom is -0.456 e. The van der Waals surface area contributed by atoms with Crippen LogP contribution >= 0.6 is 0 Å². The number of hydrogen-bond donors (Lipinski definition) is 0. The van der Waals surface area contributed by atoms with Crippen molar-refractivity contribution in [3.8, 4) is 45.1 Å². The molecule has 42 heavy (non-hydrogen) atoms. The Morgan fingerprint density at radius 2 is 1.29 bits per heavy atom. The van der Waals surface area contributed by atoms with Crippen LogP contribution in [0.5, 0.6) is 11.5 Å². The van der Waals surface area contributed by atoms with Gasteiger partial charge in [-0.1, -0.05) is 99.5 Å². The molecule has 0 saturated heterocycles. The highest BCUT2D eigenvalue weighted by molar-refractivity contribution is 6.15. The lowest BCUT2D eigenvalue weighted by atomic mass is 9.92. The predicted molar refractivity (Wildman–Crippen MR) is 175 cm³/mol. The van der Waals surface area contributed by atoms with E-state index in [4.69, 9.17) is 14.7 Å². The molecule has 5 aromatic carbocycles. The van der Waals surface area contributed by atoms with Gasteiger partial charge in [0.15, 0.2) is 0 Å². The third-order valence-electron chi connectivity index (χ3n) is 8.25. The van der Waals surface area contributed by atoms with E-state index in [0.717, 1.165) is 80.0 Å². The highest BCUT2D eigenvalue weighted by Crippen LogP contribution is 2.49. The van der Waals surface area contributed by atoms with Gasteiger partial charge in [0.25, 0.3) is 0 Å². The van der Waals surface area contributed by atoms with E-state index < -0.39 is 0 Å². The molecule has 0 fully saturated rings. The normalized spacial score (nSPS) is 11.9. The number of fused-ring (bicyclic) bond motifs is 4. The molecule has 0 unspecified atom stereocenters. The van der Waals surface area contributed by atoms with Gasteiger partial charge >= 0.3 is 0 Å². The van der Waals surface area contributed by atoms with Crippen molar-refractivity contribution in [2.45, 2.75) is 39.5 Å². The first-order chi connectivity index (χ1) is 20.7. The van der Waals surface area contributed by atoms with E-state index in [2.05, 4.69) is 110 Å². The maximum Gasteiger partial charge on any atom is 0.137 e. The summed E-state index contributed by atoms with van der Waals surface area (Å²) in [5.41, 5.74) is 9.14. The summed E-state index contributed by atoms with van der Waals surface area (Å²) in [5.74, 6) is 1.78. The van der Waals surface area contributed by atoms with Crippen LogP contribution in [-0.2, 0) is 0 Å². The lowest BCUT2D eigenvalue weighted by Gasteiger charge is -2.28. The van der Waals surface area contributed by atoms with Gasteiger partial charge in [0.05, 0.1) is 22.4 Å². The van der Waals surface area contributed by atoms with Crippen LogP contribution in [-0.4, -0.2) is 23.1 Å². The van der Waals surface area contributed by atoms with E-state index in [0.29, 0.717) is 0 Å². The number of rotatable bonds is 9. The fourth-order valence-electron chi connectivity index (χ4n) is 6.06. The number of anilines is 1. The standard InChI is InChI=1S/C38H35N3O/c1-3-5-22-41(23-6-4-2)28-20-21-29-31-25-32-38(30-18-13-19-33(35(30)31)42-34(29)24-28)40-37(27-16-11-8-12-17-27)36(39-32)26-14-9-7-10-15-26/h7-21,24-25H,3-6,22-23H2,1-2H3. The fourth-order valence-corrected chi connectivity index (χ4v) is 6.06. The third kappa shape index (κ3) is 4.67. The van der Waals surface area contributed by atoms with E-state index in [1.165, 1.54) is 31.4 Å².